The molecule has 1 saturated heterocycles. The summed E-state index contributed by atoms with van der Waals surface area (Å²) < 4.78 is 32.1. The first kappa shape index (κ1) is 18.6. The fourth-order valence-corrected chi connectivity index (χ4v) is 4.36. The summed E-state index contributed by atoms with van der Waals surface area (Å²) in [7, 11) is 0.115. The van der Waals surface area contributed by atoms with Crippen molar-refractivity contribution in [3.8, 4) is 0 Å². The Morgan fingerprint density at radius 2 is 1.96 bits per heavy atom. The molecule has 0 radical (unpaired) electrons. The van der Waals surface area contributed by atoms with Crippen LogP contribution in [0, 0.1) is 0 Å². The highest BCUT2D eigenvalue weighted by Crippen LogP contribution is 2.30. The van der Waals surface area contributed by atoms with E-state index in [0.29, 0.717) is 29.8 Å². The molecule has 1 atom stereocenters. The smallest absolute Gasteiger partial charge is 0.275 e. The quantitative estimate of drug-likeness (QED) is 0.746. The van der Waals surface area contributed by atoms with Crippen molar-refractivity contribution >= 4 is 27.6 Å². The minimum Gasteiger partial charge on any atom is -0.306 e. The highest BCUT2D eigenvalue weighted by molar-refractivity contribution is 7.86. The van der Waals surface area contributed by atoms with E-state index in [1.807, 2.05) is 34.0 Å². The van der Waals surface area contributed by atoms with Gasteiger partial charge in [0.1, 0.15) is 0 Å². The molecule has 0 spiro atoms. The van der Waals surface area contributed by atoms with Gasteiger partial charge in [0.15, 0.2) is 0 Å². The van der Waals surface area contributed by atoms with Crippen LogP contribution in [-0.4, -0.2) is 46.6 Å². The Balaban J connectivity index is 2.18. The third-order valence-electron chi connectivity index (χ3n) is 4.30. The van der Waals surface area contributed by atoms with Gasteiger partial charge in [0.05, 0.1) is 5.69 Å². The van der Waals surface area contributed by atoms with Crippen LogP contribution in [0.5, 0.6) is 0 Å². The summed E-state index contributed by atoms with van der Waals surface area (Å²) in [6, 6.07) is 5.48. The standard InChI is InChI=1S/C16H25ClFN3OS/c1-12(2)15-6-5-13(11-16(15)17)19-23(18,22)21-9-7-14(8-10-21)20(3)4/h5-6,11-12,14H,7-10H2,1-4H3. The van der Waals surface area contributed by atoms with Gasteiger partial charge in [-0.05, 0) is 50.6 Å². The Kier molecular flexibility index (Phi) is 6.05. The molecule has 1 heterocycles. The molecule has 1 aromatic carbocycles. The molecular weight excluding hydrogens is 337 g/mol. The van der Waals surface area contributed by atoms with Crippen LogP contribution in [0.25, 0.3) is 0 Å². The normalized spacial score (nSPS) is 20.0. The zero-order valence-electron chi connectivity index (χ0n) is 14.1. The second-order valence-electron chi connectivity index (χ2n) is 6.51. The lowest BCUT2D eigenvalue weighted by Crippen LogP contribution is -2.43. The zero-order chi connectivity index (χ0) is 17.2. The van der Waals surface area contributed by atoms with Crippen molar-refractivity contribution < 1.29 is 8.09 Å². The third-order valence-corrected chi connectivity index (χ3v) is 6.06. The number of hydrogen-bond donors (Lipinski definition) is 0. The second-order valence-corrected chi connectivity index (χ2v) is 8.48. The van der Waals surface area contributed by atoms with Crippen molar-refractivity contribution in [2.45, 2.75) is 38.6 Å². The molecule has 0 bridgehead atoms. The minimum absolute atomic E-state index is 0.274. The molecule has 1 aromatic rings. The predicted molar refractivity (Wildman–Crippen MR) is 95.2 cm³/mol. The van der Waals surface area contributed by atoms with Crippen molar-refractivity contribution in [2.24, 2.45) is 4.36 Å². The Morgan fingerprint density at radius 3 is 2.43 bits per heavy atom. The highest BCUT2D eigenvalue weighted by atomic mass is 35.5. The Hall–Kier alpha value is -0.690. The van der Waals surface area contributed by atoms with Gasteiger partial charge >= 0.3 is 0 Å². The van der Waals surface area contributed by atoms with E-state index in [-0.39, 0.29) is 5.92 Å². The van der Waals surface area contributed by atoms with E-state index in [2.05, 4.69) is 9.26 Å². The summed E-state index contributed by atoms with van der Waals surface area (Å²) in [5, 5.41) is 0.530. The first-order chi connectivity index (χ1) is 10.7. The summed E-state index contributed by atoms with van der Waals surface area (Å²) in [4.78, 5) is 2.12. The van der Waals surface area contributed by atoms with Gasteiger partial charge in [0, 0.05) is 24.2 Å². The van der Waals surface area contributed by atoms with Gasteiger partial charge in [0.25, 0.3) is 10.3 Å². The van der Waals surface area contributed by atoms with Crippen LogP contribution in [0.15, 0.2) is 22.6 Å². The molecule has 4 nitrogen and oxygen atoms in total. The van der Waals surface area contributed by atoms with E-state index >= 15 is 0 Å². The maximum Gasteiger partial charge on any atom is 0.275 e. The fraction of sp³-hybridized carbons (Fsp3) is 0.625. The van der Waals surface area contributed by atoms with Crippen LogP contribution < -0.4 is 0 Å². The maximum atomic E-state index is 14.6. The number of nitrogens with zero attached hydrogens (tertiary/aromatic N) is 3. The molecule has 2 rings (SSSR count). The van der Waals surface area contributed by atoms with Crippen LogP contribution >= 0.6 is 11.6 Å². The largest absolute Gasteiger partial charge is 0.306 e. The summed E-state index contributed by atoms with van der Waals surface area (Å²) >= 11 is 6.20. The zero-order valence-corrected chi connectivity index (χ0v) is 15.7. The van der Waals surface area contributed by atoms with E-state index in [1.54, 1.807) is 12.1 Å². The Morgan fingerprint density at radius 1 is 1.35 bits per heavy atom. The number of hydrogen-bond acceptors (Lipinski definition) is 3. The molecule has 23 heavy (non-hydrogen) atoms. The molecule has 130 valence electrons. The van der Waals surface area contributed by atoms with Gasteiger partial charge in [-0.1, -0.05) is 31.5 Å². The van der Waals surface area contributed by atoms with E-state index in [4.69, 9.17) is 11.6 Å². The lowest BCUT2D eigenvalue weighted by Gasteiger charge is -2.33. The molecule has 0 N–H and O–H groups in total. The average molecular weight is 362 g/mol. The van der Waals surface area contributed by atoms with E-state index in [9.17, 15) is 8.09 Å². The van der Waals surface area contributed by atoms with E-state index in [0.717, 1.165) is 18.4 Å². The van der Waals surface area contributed by atoms with E-state index < -0.39 is 10.3 Å². The number of rotatable bonds is 4. The topological polar surface area (TPSA) is 35.9 Å². The lowest BCUT2D eigenvalue weighted by atomic mass is 10.0. The molecule has 7 heteroatoms. The average Bonchev–Trinajstić information content (AvgIpc) is 2.46. The fourth-order valence-electron chi connectivity index (χ4n) is 2.81. The van der Waals surface area contributed by atoms with Crippen LogP contribution in [-0.2, 0) is 10.3 Å². The first-order valence-corrected chi connectivity index (χ1v) is 9.63. The second kappa shape index (κ2) is 7.47. The maximum absolute atomic E-state index is 14.6. The molecule has 0 aliphatic carbocycles. The molecule has 0 saturated carbocycles. The highest BCUT2D eigenvalue weighted by Gasteiger charge is 2.27. The molecule has 1 unspecified atom stereocenters. The summed E-state index contributed by atoms with van der Waals surface area (Å²) in [6.07, 6.45) is 1.58. The molecule has 1 aliphatic rings. The van der Waals surface area contributed by atoms with Gasteiger partial charge in [-0.2, -0.15) is 12.9 Å². The Labute approximate surface area is 144 Å². The predicted octanol–water partition coefficient (Wildman–Crippen LogP) is 4.39. The first-order valence-electron chi connectivity index (χ1n) is 7.88. The van der Waals surface area contributed by atoms with Gasteiger partial charge in [-0.25, -0.2) is 0 Å². The molecule has 1 fully saturated rings. The van der Waals surface area contributed by atoms with Crippen molar-refractivity contribution in [1.82, 2.24) is 9.21 Å². The number of halogens is 2. The summed E-state index contributed by atoms with van der Waals surface area (Å²) in [5.41, 5.74) is 1.30. The van der Waals surface area contributed by atoms with Crippen LogP contribution in [0.4, 0.5) is 9.57 Å². The van der Waals surface area contributed by atoms with E-state index in [1.165, 1.54) is 4.31 Å². The van der Waals surface area contributed by atoms with Crippen molar-refractivity contribution in [3.05, 3.63) is 28.8 Å². The van der Waals surface area contributed by atoms with Gasteiger partial charge < -0.3 is 4.90 Å². The Bertz CT molecular complexity index is 663. The third kappa shape index (κ3) is 4.66. The number of benzene rings is 1. The number of piperidine rings is 1. The summed E-state index contributed by atoms with van der Waals surface area (Å²) in [5.74, 6) is 0.274. The van der Waals surface area contributed by atoms with Gasteiger partial charge in [0.2, 0.25) is 0 Å². The summed E-state index contributed by atoms with van der Waals surface area (Å²) in [6.45, 7) is 4.95. The van der Waals surface area contributed by atoms with Crippen LogP contribution in [0.1, 0.15) is 38.2 Å². The molecule has 1 aliphatic heterocycles. The molecular formula is C16H25ClFN3OS. The van der Waals surface area contributed by atoms with Gasteiger partial charge in [-0.3, -0.25) is 0 Å². The van der Waals surface area contributed by atoms with Crippen LogP contribution in [0.3, 0.4) is 0 Å². The lowest BCUT2D eigenvalue weighted by molar-refractivity contribution is 0.196. The SMILES string of the molecule is CC(C)c1ccc(N=S(=O)(F)N2CCC(N(C)C)CC2)cc1Cl. The molecule has 0 aromatic heterocycles. The van der Waals surface area contributed by atoms with Crippen molar-refractivity contribution in [2.75, 3.05) is 27.2 Å². The minimum atomic E-state index is -3.90. The van der Waals surface area contributed by atoms with Crippen LogP contribution in [0.2, 0.25) is 5.02 Å². The monoisotopic (exact) mass is 361 g/mol. The van der Waals surface area contributed by atoms with Crippen molar-refractivity contribution in [3.63, 3.8) is 0 Å². The molecule has 0 amide bonds. The van der Waals surface area contributed by atoms with Crippen molar-refractivity contribution in [1.29, 1.82) is 0 Å². The van der Waals surface area contributed by atoms with Gasteiger partial charge in [-0.15, -0.1) is 3.89 Å².